The quantitative estimate of drug-likeness (QED) is 0.769. The maximum Gasteiger partial charge on any atom is 0.325 e. The molecule has 1 atom stereocenters. The molecule has 5 heteroatoms. The van der Waals surface area contributed by atoms with Crippen LogP contribution in [0.5, 0.6) is 0 Å². The van der Waals surface area contributed by atoms with Crippen molar-refractivity contribution in [2.75, 3.05) is 0 Å². The highest BCUT2D eigenvalue weighted by Crippen LogP contribution is 2.59. The van der Waals surface area contributed by atoms with Gasteiger partial charge in [0.15, 0.2) is 0 Å². The summed E-state index contributed by atoms with van der Waals surface area (Å²) in [5.41, 5.74) is 0.680. The van der Waals surface area contributed by atoms with E-state index in [4.69, 9.17) is 0 Å². The van der Waals surface area contributed by atoms with Crippen LogP contribution in [0, 0.1) is 5.41 Å². The number of nitrogens with one attached hydrogen (secondary N) is 1. The Bertz CT molecular complexity index is 599. The van der Waals surface area contributed by atoms with Crippen molar-refractivity contribution in [3.8, 4) is 0 Å². The summed E-state index contributed by atoms with van der Waals surface area (Å²) in [6.07, 6.45) is 5.07. The van der Waals surface area contributed by atoms with Crippen LogP contribution in [-0.4, -0.2) is 39.6 Å². The average molecular weight is 318 g/mol. The van der Waals surface area contributed by atoms with Crippen molar-refractivity contribution in [1.82, 2.24) is 10.2 Å². The van der Waals surface area contributed by atoms with E-state index in [1.165, 1.54) is 4.90 Å². The van der Waals surface area contributed by atoms with Crippen LogP contribution in [0.3, 0.4) is 0 Å². The van der Waals surface area contributed by atoms with Crippen molar-refractivity contribution in [3.05, 3.63) is 23.8 Å². The fourth-order valence-electron chi connectivity index (χ4n) is 4.83. The number of carbonyl (C=O) groups is 2. The Morgan fingerprint density at radius 1 is 1.35 bits per heavy atom. The first-order chi connectivity index (χ1) is 10.8. The molecule has 1 heterocycles. The van der Waals surface area contributed by atoms with Gasteiger partial charge in [0.25, 0.3) is 5.91 Å². The molecule has 0 radical (unpaired) electrons. The van der Waals surface area contributed by atoms with E-state index in [1.54, 1.807) is 0 Å². The zero-order chi connectivity index (χ0) is 17.0. The van der Waals surface area contributed by atoms with Gasteiger partial charge in [0.2, 0.25) is 0 Å². The van der Waals surface area contributed by atoms with Crippen LogP contribution < -0.4 is 5.32 Å². The molecule has 1 unspecified atom stereocenters. The minimum absolute atomic E-state index is 0.136. The number of nitrogens with zero attached hydrogens (tertiary/aromatic N) is 1. The molecule has 2 spiro atoms. The van der Waals surface area contributed by atoms with E-state index in [0.29, 0.717) is 12.8 Å². The molecule has 0 aromatic carbocycles. The van der Waals surface area contributed by atoms with Crippen LogP contribution in [-0.2, 0) is 4.79 Å². The second kappa shape index (κ2) is 5.20. The maximum absolute atomic E-state index is 13.3. The third-order valence-corrected chi connectivity index (χ3v) is 6.10. The van der Waals surface area contributed by atoms with Gasteiger partial charge >= 0.3 is 6.03 Å². The van der Waals surface area contributed by atoms with E-state index in [2.05, 4.69) is 11.9 Å². The first-order valence-electron chi connectivity index (χ1n) is 8.45. The first kappa shape index (κ1) is 16.2. The highest BCUT2D eigenvalue weighted by molar-refractivity contribution is 6.10. The monoisotopic (exact) mass is 318 g/mol. The average Bonchev–Trinajstić information content (AvgIpc) is 2.90. The molecule has 1 aliphatic heterocycles. The lowest BCUT2D eigenvalue weighted by atomic mass is 9.60. The van der Waals surface area contributed by atoms with E-state index in [9.17, 15) is 14.7 Å². The van der Waals surface area contributed by atoms with Crippen molar-refractivity contribution in [2.45, 2.75) is 70.6 Å². The summed E-state index contributed by atoms with van der Waals surface area (Å²) < 4.78 is 0. The second-order valence-corrected chi connectivity index (χ2v) is 7.49. The molecule has 2 aliphatic carbocycles. The number of hydrogen-bond donors (Lipinski definition) is 2. The van der Waals surface area contributed by atoms with Crippen molar-refractivity contribution >= 4 is 11.9 Å². The van der Waals surface area contributed by atoms with Gasteiger partial charge in [0.05, 0.1) is 6.10 Å². The van der Waals surface area contributed by atoms with Crippen LogP contribution >= 0.6 is 0 Å². The van der Waals surface area contributed by atoms with Gasteiger partial charge in [-0.3, -0.25) is 9.69 Å². The molecule has 5 nitrogen and oxygen atoms in total. The summed E-state index contributed by atoms with van der Waals surface area (Å²) in [6.45, 7) is 9.55. The van der Waals surface area contributed by atoms with Gasteiger partial charge in [-0.15, -0.1) is 0 Å². The van der Waals surface area contributed by atoms with Gasteiger partial charge < -0.3 is 10.4 Å². The van der Waals surface area contributed by atoms with Gasteiger partial charge in [-0.25, -0.2) is 4.79 Å². The summed E-state index contributed by atoms with van der Waals surface area (Å²) >= 11 is 0. The number of carbonyl (C=O) groups excluding carboxylic acids is 2. The fraction of sp³-hybridized carbons (Fsp3) is 0.667. The number of aliphatic hydroxyl groups excluding tert-OH is 1. The molecule has 1 saturated heterocycles. The molecule has 2 fully saturated rings. The number of imide groups is 1. The van der Waals surface area contributed by atoms with Crippen molar-refractivity contribution in [3.63, 3.8) is 0 Å². The molecule has 0 aromatic heterocycles. The number of urea groups is 1. The van der Waals surface area contributed by atoms with E-state index in [1.807, 2.05) is 26.8 Å². The number of hydrogen-bond acceptors (Lipinski definition) is 3. The summed E-state index contributed by atoms with van der Waals surface area (Å²) in [6, 6.07) is -0.478. The normalized spacial score (nSPS) is 37.4. The third-order valence-electron chi connectivity index (χ3n) is 6.10. The van der Waals surface area contributed by atoms with E-state index in [0.717, 1.165) is 30.4 Å². The third kappa shape index (κ3) is 1.95. The smallest absolute Gasteiger partial charge is 0.325 e. The summed E-state index contributed by atoms with van der Waals surface area (Å²) in [5.74, 6) is -0.136. The van der Waals surface area contributed by atoms with Crippen LogP contribution in [0.25, 0.3) is 0 Å². The van der Waals surface area contributed by atoms with E-state index in [-0.39, 0.29) is 29.5 Å². The molecule has 3 aliphatic rings. The Balaban J connectivity index is 2.12. The number of allylic oxidation sites excluding steroid dienone is 2. The number of rotatable bonds is 2. The van der Waals surface area contributed by atoms with Crippen molar-refractivity contribution in [1.29, 1.82) is 0 Å². The maximum atomic E-state index is 13.3. The van der Waals surface area contributed by atoms with Gasteiger partial charge in [-0.2, -0.15) is 0 Å². The van der Waals surface area contributed by atoms with Crippen molar-refractivity contribution < 1.29 is 14.7 Å². The lowest BCUT2D eigenvalue weighted by molar-refractivity contribution is -0.136. The zero-order valence-electron chi connectivity index (χ0n) is 14.2. The molecule has 3 rings (SSSR count). The Morgan fingerprint density at radius 3 is 2.43 bits per heavy atom. The van der Waals surface area contributed by atoms with Gasteiger partial charge in [-0.1, -0.05) is 12.7 Å². The Kier molecular flexibility index (Phi) is 3.67. The Hall–Kier alpha value is -1.62. The highest BCUT2D eigenvalue weighted by atomic mass is 16.3. The number of amides is 3. The van der Waals surface area contributed by atoms with Gasteiger partial charge in [0.1, 0.15) is 5.54 Å². The minimum atomic E-state index is -0.960. The van der Waals surface area contributed by atoms with E-state index >= 15 is 0 Å². The summed E-state index contributed by atoms with van der Waals surface area (Å²) in [5, 5.41) is 13.0. The second-order valence-electron chi connectivity index (χ2n) is 7.49. The first-order valence-corrected chi connectivity index (χ1v) is 8.45. The lowest BCUT2D eigenvalue weighted by Crippen LogP contribution is -2.60. The molecule has 0 bridgehead atoms. The SMILES string of the molecule is C=CC1=C(C)C2(NC(=O)N(C(C)C)C2=O)C2(CCC(O)CC2)C1. The molecule has 3 amide bonds. The topological polar surface area (TPSA) is 69.6 Å². The zero-order valence-corrected chi connectivity index (χ0v) is 14.2. The lowest BCUT2D eigenvalue weighted by Gasteiger charge is -2.46. The fourth-order valence-corrected chi connectivity index (χ4v) is 4.83. The number of fused-ring (bicyclic) bond motifs is 1. The van der Waals surface area contributed by atoms with Gasteiger partial charge in [-0.05, 0) is 64.0 Å². The van der Waals surface area contributed by atoms with Crippen molar-refractivity contribution in [2.24, 2.45) is 5.41 Å². The Labute approximate surface area is 137 Å². The minimum Gasteiger partial charge on any atom is -0.393 e. The molecular formula is C18H26N2O3. The molecule has 0 aromatic rings. The molecule has 23 heavy (non-hydrogen) atoms. The largest absolute Gasteiger partial charge is 0.393 e. The van der Waals surface area contributed by atoms with Gasteiger partial charge in [0, 0.05) is 11.5 Å². The predicted octanol–water partition coefficient (Wildman–Crippen LogP) is 2.51. The van der Waals surface area contributed by atoms with Crippen LogP contribution in [0.15, 0.2) is 23.8 Å². The van der Waals surface area contributed by atoms with Crippen LogP contribution in [0.1, 0.15) is 52.9 Å². The predicted molar refractivity (Wildman–Crippen MR) is 87.7 cm³/mol. The summed E-state index contributed by atoms with van der Waals surface area (Å²) in [4.78, 5) is 27.2. The highest BCUT2D eigenvalue weighted by Gasteiger charge is 2.67. The molecule has 2 N–H and O–H groups in total. The van der Waals surface area contributed by atoms with Crippen LogP contribution in [0.4, 0.5) is 4.79 Å². The molecular weight excluding hydrogens is 292 g/mol. The molecule has 126 valence electrons. The standard InChI is InChI=1S/C18H26N2O3/c1-5-13-10-17(8-6-14(21)7-9-17)18(12(13)4)15(22)20(11(2)3)16(23)19-18/h5,11,14,21H,1,6-10H2,2-4H3,(H,19,23). The Morgan fingerprint density at radius 2 is 1.96 bits per heavy atom. The molecule has 1 saturated carbocycles. The van der Waals surface area contributed by atoms with E-state index < -0.39 is 5.54 Å². The van der Waals surface area contributed by atoms with Crippen LogP contribution in [0.2, 0.25) is 0 Å². The summed E-state index contributed by atoms with van der Waals surface area (Å²) in [7, 11) is 0. The number of aliphatic hydroxyl groups is 1.